The lowest BCUT2D eigenvalue weighted by Crippen LogP contribution is -2.26. The minimum Gasteiger partial charge on any atom is -0.356 e. The molecule has 2 heterocycles. The van der Waals surface area contributed by atoms with Crippen molar-refractivity contribution in [2.24, 2.45) is 0 Å². The summed E-state index contributed by atoms with van der Waals surface area (Å²) in [5.74, 6) is 0.429. The molecule has 3 rings (SSSR count). The molecule has 1 aliphatic heterocycles. The number of hydrogen-bond donors (Lipinski definition) is 1. The molecule has 21 heavy (non-hydrogen) atoms. The molecule has 0 radical (unpaired) electrons. The highest BCUT2D eigenvalue weighted by Gasteiger charge is 2.18. The molecule has 1 N–H and O–H groups in total. The van der Waals surface area contributed by atoms with Crippen LogP contribution >= 0.6 is 11.6 Å². The van der Waals surface area contributed by atoms with E-state index in [2.05, 4.69) is 34.1 Å². The third-order valence-electron chi connectivity index (χ3n) is 4.26. The van der Waals surface area contributed by atoms with Crippen molar-refractivity contribution in [3.05, 3.63) is 35.5 Å². The van der Waals surface area contributed by atoms with E-state index < -0.39 is 0 Å². The van der Waals surface area contributed by atoms with Gasteiger partial charge in [-0.1, -0.05) is 18.2 Å². The van der Waals surface area contributed by atoms with E-state index in [-0.39, 0.29) is 5.91 Å². The molecule has 0 atom stereocenters. The Kier molecular flexibility index (Phi) is 4.49. The van der Waals surface area contributed by atoms with Crippen LogP contribution in [0.15, 0.2) is 24.3 Å². The van der Waals surface area contributed by atoms with Gasteiger partial charge in [-0.05, 0) is 37.3 Å². The summed E-state index contributed by atoms with van der Waals surface area (Å²) in [5, 5.41) is 4.31. The molecular formula is C17H21ClN2O. The van der Waals surface area contributed by atoms with E-state index in [4.69, 9.17) is 11.6 Å². The van der Waals surface area contributed by atoms with Crippen molar-refractivity contribution in [3.63, 3.8) is 0 Å². The molecule has 1 aliphatic rings. The highest BCUT2D eigenvalue weighted by atomic mass is 35.5. The van der Waals surface area contributed by atoms with Gasteiger partial charge in [-0.25, -0.2) is 0 Å². The zero-order valence-corrected chi connectivity index (χ0v) is 13.0. The topological polar surface area (TPSA) is 34.0 Å². The number of amides is 1. The van der Waals surface area contributed by atoms with E-state index >= 15 is 0 Å². The fourth-order valence-corrected chi connectivity index (χ4v) is 3.48. The summed E-state index contributed by atoms with van der Waals surface area (Å²) in [6.45, 7) is 1.81. The maximum absolute atomic E-state index is 11.5. The number of alkyl halides is 1. The summed E-state index contributed by atoms with van der Waals surface area (Å²) in [7, 11) is 0. The van der Waals surface area contributed by atoms with E-state index in [1.807, 2.05) is 0 Å². The average molecular weight is 305 g/mol. The number of para-hydroxylation sites is 1. The molecule has 1 aromatic carbocycles. The van der Waals surface area contributed by atoms with Gasteiger partial charge in [0.05, 0.1) is 0 Å². The van der Waals surface area contributed by atoms with Gasteiger partial charge in [-0.15, -0.1) is 11.6 Å². The molecule has 0 fully saturated rings. The van der Waals surface area contributed by atoms with Gasteiger partial charge in [0.25, 0.3) is 0 Å². The minimum atomic E-state index is 0.0439. The molecular weight excluding hydrogens is 284 g/mol. The molecule has 3 nitrogen and oxygen atoms in total. The van der Waals surface area contributed by atoms with Crippen LogP contribution in [0.3, 0.4) is 0 Å². The lowest BCUT2D eigenvalue weighted by atomic mass is 10.0. The van der Waals surface area contributed by atoms with Gasteiger partial charge in [0.2, 0.25) is 5.91 Å². The van der Waals surface area contributed by atoms with Crippen LogP contribution in [-0.2, 0) is 24.2 Å². The van der Waals surface area contributed by atoms with E-state index in [1.165, 1.54) is 35.0 Å². The molecule has 0 unspecified atom stereocenters. The number of rotatable bonds is 5. The lowest BCUT2D eigenvalue weighted by Gasteiger charge is -2.17. The number of benzene rings is 1. The first-order valence-corrected chi connectivity index (χ1v) is 8.26. The smallest absolute Gasteiger partial charge is 0.221 e. The number of fused-ring (bicyclic) bond motifs is 3. The van der Waals surface area contributed by atoms with Crippen LogP contribution in [0.2, 0.25) is 0 Å². The average Bonchev–Trinajstić information content (AvgIpc) is 2.83. The summed E-state index contributed by atoms with van der Waals surface area (Å²) in [4.78, 5) is 11.5. The first kappa shape index (κ1) is 14.5. The van der Waals surface area contributed by atoms with Crippen LogP contribution in [0.1, 0.15) is 30.5 Å². The second-order valence-electron chi connectivity index (χ2n) is 5.59. The van der Waals surface area contributed by atoms with Gasteiger partial charge < -0.3 is 9.88 Å². The number of hydrogen-bond acceptors (Lipinski definition) is 1. The number of carbonyl (C=O) groups is 1. The number of aryl methyl sites for hydroxylation is 1. The number of carbonyl (C=O) groups excluding carboxylic acids is 1. The van der Waals surface area contributed by atoms with Crippen LogP contribution in [-0.4, -0.2) is 22.9 Å². The van der Waals surface area contributed by atoms with Gasteiger partial charge in [-0.3, -0.25) is 4.79 Å². The summed E-state index contributed by atoms with van der Waals surface area (Å²) in [6, 6.07) is 8.62. The molecule has 0 saturated heterocycles. The van der Waals surface area contributed by atoms with Crippen LogP contribution in [0, 0.1) is 0 Å². The molecule has 0 saturated carbocycles. The van der Waals surface area contributed by atoms with Gasteiger partial charge in [0, 0.05) is 42.0 Å². The van der Waals surface area contributed by atoms with Gasteiger partial charge in [-0.2, -0.15) is 0 Å². The summed E-state index contributed by atoms with van der Waals surface area (Å²) in [6.07, 6.45) is 4.98. The Morgan fingerprint density at radius 2 is 2.14 bits per heavy atom. The number of nitrogens with zero attached hydrogens (tertiary/aromatic N) is 1. The second-order valence-corrected chi connectivity index (χ2v) is 5.97. The predicted octanol–water partition coefficient (Wildman–Crippen LogP) is 3.27. The highest BCUT2D eigenvalue weighted by Crippen LogP contribution is 2.30. The summed E-state index contributed by atoms with van der Waals surface area (Å²) >= 11 is 5.58. The van der Waals surface area contributed by atoms with E-state index in [0.29, 0.717) is 18.8 Å². The second kappa shape index (κ2) is 6.52. The Bertz CT molecular complexity index is 648. The molecule has 1 aromatic heterocycles. The Labute approximate surface area is 130 Å². The Morgan fingerprint density at radius 1 is 1.29 bits per heavy atom. The van der Waals surface area contributed by atoms with Crippen LogP contribution in [0.25, 0.3) is 10.9 Å². The Morgan fingerprint density at radius 3 is 3.00 bits per heavy atom. The number of nitrogens with one attached hydrogen (secondary N) is 1. The monoisotopic (exact) mass is 304 g/mol. The quantitative estimate of drug-likeness (QED) is 0.845. The van der Waals surface area contributed by atoms with Crippen LogP contribution in [0.5, 0.6) is 0 Å². The SMILES string of the molecule is O=C(CCCl)NCCc1c2n(c3ccccc13)CCCC2. The molecule has 4 heteroatoms. The van der Waals surface area contributed by atoms with Crippen molar-refractivity contribution in [2.45, 2.75) is 38.6 Å². The van der Waals surface area contributed by atoms with Crippen molar-refractivity contribution < 1.29 is 4.79 Å². The molecule has 0 aliphatic carbocycles. The zero-order valence-electron chi connectivity index (χ0n) is 12.2. The highest BCUT2D eigenvalue weighted by molar-refractivity contribution is 6.18. The summed E-state index contributed by atoms with van der Waals surface area (Å²) < 4.78 is 2.47. The van der Waals surface area contributed by atoms with Crippen molar-refractivity contribution in [3.8, 4) is 0 Å². The molecule has 1 amide bonds. The van der Waals surface area contributed by atoms with Crippen LogP contribution in [0.4, 0.5) is 0 Å². The third kappa shape index (κ3) is 2.93. The summed E-state index contributed by atoms with van der Waals surface area (Å²) in [5.41, 5.74) is 4.22. The fraction of sp³-hybridized carbons (Fsp3) is 0.471. The predicted molar refractivity (Wildman–Crippen MR) is 86.9 cm³/mol. The normalized spacial score (nSPS) is 14.1. The lowest BCUT2D eigenvalue weighted by molar-refractivity contribution is -0.120. The van der Waals surface area contributed by atoms with Crippen molar-refractivity contribution in [2.75, 3.05) is 12.4 Å². The van der Waals surface area contributed by atoms with E-state index in [9.17, 15) is 4.79 Å². The largest absolute Gasteiger partial charge is 0.356 e. The van der Waals surface area contributed by atoms with Crippen molar-refractivity contribution >= 4 is 28.4 Å². The maximum atomic E-state index is 11.5. The minimum absolute atomic E-state index is 0.0439. The standard InChI is InChI=1S/C17H21ClN2O/c18-10-8-17(21)19-11-9-14-13-5-1-2-6-15(13)20-12-4-3-7-16(14)20/h1-2,5-6H,3-4,7-12H2,(H,19,21). The fourth-order valence-electron chi connectivity index (χ4n) is 3.31. The Balaban J connectivity index is 1.82. The first-order valence-electron chi connectivity index (χ1n) is 7.73. The van der Waals surface area contributed by atoms with E-state index in [1.54, 1.807) is 0 Å². The van der Waals surface area contributed by atoms with Gasteiger partial charge in [0.1, 0.15) is 0 Å². The Hall–Kier alpha value is -1.48. The molecule has 0 spiro atoms. The van der Waals surface area contributed by atoms with Crippen LogP contribution < -0.4 is 5.32 Å². The number of halogens is 1. The maximum Gasteiger partial charge on any atom is 0.221 e. The van der Waals surface area contributed by atoms with E-state index in [0.717, 1.165) is 19.4 Å². The molecule has 2 aromatic rings. The zero-order chi connectivity index (χ0) is 14.7. The van der Waals surface area contributed by atoms with Crippen molar-refractivity contribution in [1.29, 1.82) is 0 Å². The number of aromatic nitrogens is 1. The third-order valence-corrected chi connectivity index (χ3v) is 4.45. The van der Waals surface area contributed by atoms with Gasteiger partial charge in [0.15, 0.2) is 0 Å². The van der Waals surface area contributed by atoms with Gasteiger partial charge >= 0.3 is 0 Å². The molecule has 0 bridgehead atoms. The molecule has 112 valence electrons. The first-order chi connectivity index (χ1) is 10.3. The van der Waals surface area contributed by atoms with Crippen molar-refractivity contribution in [1.82, 2.24) is 9.88 Å².